The van der Waals surface area contributed by atoms with Gasteiger partial charge in [0, 0.05) is 11.9 Å². The lowest BCUT2D eigenvalue weighted by Gasteiger charge is -2.22. The molecule has 0 saturated carbocycles. The van der Waals surface area contributed by atoms with E-state index < -0.39 is 34.7 Å². The molecule has 2 amide bonds. The van der Waals surface area contributed by atoms with Crippen LogP contribution in [-0.2, 0) is 17.5 Å². The molecule has 142 valence electrons. The van der Waals surface area contributed by atoms with E-state index in [1.165, 1.54) is 12.3 Å². The van der Waals surface area contributed by atoms with E-state index in [1.54, 1.807) is 0 Å². The summed E-state index contributed by atoms with van der Waals surface area (Å²) in [7, 11) is 0. The smallest absolute Gasteiger partial charge is 0.378 e. The number of primary amides is 1. The van der Waals surface area contributed by atoms with E-state index >= 15 is 0 Å². The molecule has 0 fully saturated rings. The quantitative estimate of drug-likeness (QED) is 0.717. The number of carbonyl (C=O) groups excluding carboxylic acids is 2. The van der Waals surface area contributed by atoms with Crippen molar-refractivity contribution in [3.8, 4) is 6.07 Å². The summed E-state index contributed by atoms with van der Waals surface area (Å²) < 4.78 is 40.0. The Kier molecular flexibility index (Phi) is 5.23. The predicted molar refractivity (Wildman–Crippen MR) is 86.2 cm³/mol. The molecule has 1 unspecified atom stereocenters. The number of anilines is 1. The number of nitriles is 1. The minimum absolute atomic E-state index is 0.0631. The molecule has 0 aliphatic rings. The fraction of sp³-hybridized carbons (Fsp3) is 0.250. The molecule has 27 heavy (non-hydrogen) atoms. The van der Waals surface area contributed by atoms with Gasteiger partial charge in [-0.25, -0.2) is 0 Å². The van der Waals surface area contributed by atoms with Gasteiger partial charge in [0.1, 0.15) is 0 Å². The summed E-state index contributed by atoms with van der Waals surface area (Å²) in [6.45, 7) is 0.747. The highest BCUT2D eigenvalue weighted by molar-refractivity contribution is 5.97. The third-order valence-electron chi connectivity index (χ3n) is 3.58. The van der Waals surface area contributed by atoms with Crippen molar-refractivity contribution < 1.29 is 27.9 Å². The fourth-order valence-electron chi connectivity index (χ4n) is 2.18. The first-order valence-electron chi connectivity index (χ1n) is 7.41. The number of halogens is 3. The second-order valence-corrected chi connectivity index (χ2v) is 5.89. The van der Waals surface area contributed by atoms with Gasteiger partial charge in [0.15, 0.2) is 5.60 Å². The van der Waals surface area contributed by atoms with Crippen LogP contribution in [-0.4, -0.2) is 32.3 Å². The van der Waals surface area contributed by atoms with Crippen LogP contribution in [0.4, 0.5) is 18.9 Å². The van der Waals surface area contributed by atoms with Crippen molar-refractivity contribution in [2.45, 2.75) is 25.2 Å². The number of hydrogen-bond acceptors (Lipinski definition) is 5. The minimum Gasteiger partial charge on any atom is -0.378 e. The molecular weight excluding hydrogens is 367 g/mol. The number of nitrogens with two attached hydrogens (primary N) is 1. The molecule has 1 aromatic heterocycles. The van der Waals surface area contributed by atoms with Gasteiger partial charge in [-0.1, -0.05) is 0 Å². The Morgan fingerprint density at radius 3 is 2.59 bits per heavy atom. The number of alkyl halides is 3. The molecule has 2 rings (SSSR count). The molecule has 4 N–H and O–H groups in total. The average molecular weight is 381 g/mol. The summed E-state index contributed by atoms with van der Waals surface area (Å²) in [6, 6.07) is 4.06. The number of rotatable bonds is 5. The van der Waals surface area contributed by atoms with Crippen LogP contribution in [0.5, 0.6) is 0 Å². The van der Waals surface area contributed by atoms with Crippen LogP contribution in [0, 0.1) is 11.3 Å². The number of benzene rings is 1. The molecule has 0 aliphatic carbocycles. The number of amides is 2. The van der Waals surface area contributed by atoms with E-state index in [4.69, 9.17) is 11.0 Å². The Hall–Kier alpha value is -3.39. The van der Waals surface area contributed by atoms with Crippen LogP contribution in [0.15, 0.2) is 30.6 Å². The lowest BCUT2D eigenvalue weighted by atomic mass is 10.0. The summed E-state index contributed by atoms with van der Waals surface area (Å²) in [4.78, 5) is 23.3. The van der Waals surface area contributed by atoms with Gasteiger partial charge in [-0.15, -0.1) is 0 Å². The topological polar surface area (TPSA) is 134 Å². The maximum atomic E-state index is 13.0. The number of hydrogen-bond donors (Lipinski definition) is 3. The third-order valence-corrected chi connectivity index (χ3v) is 3.58. The Labute approximate surface area is 151 Å². The van der Waals surface area contributed by atoms with Crippen molar-refractivity contribution >= 4 is 17.5 Å². The van der Waals surface area contributed by atoms with Crippen LogP contribution in [0.1, 0.15) is 28.4 Å². The summed E-state index contributed by atoms with van der Waals surface area (Å²) in [5.74, 6) is -1.75. The zero-order valence-corrected chi connectivity index (χ0v) is 13.9. The van der Waals surface area contributed by atoms with Crippen molar-refractivity contribution in [1.29, 1.82) is 5.26 Å². The van der Waals surface area contributed by atoms with Gasteiger partial charge < -0.3 is 16.2 Å². The zero-order valence-electron chi connectivity index (χ0n) is 13.9. The van der Waals surface area contributed by atoms with E-state index in [9.17, 15) is 27.9 Å². The Morgan fingerprint density at radius 1 is 1.41 bits per heavy atom. The van der Waals surface area contributed by atoms with Crippen LogP contribution in [0.3, 0.4) is 0 Å². The molecule has 0 aliphatic heterocycles. The zero-order chi connectivity index (χ0) is 20.4. The molecular formula is C16H14F3N5O3. The Morgan fingerprint density at radius 2 is 2.07 bits per heavy atom. The van der Waals surface area contributed by atoms with Crippen molar-refractivity contribution in [3.63, 3.8) is 0 Å². The first-order valence-corrected chi connectivity index (χ1v) is 7.41. The number of nitrogens with zero attached hydrogens (tertiary/aromatic N) is 3. The highest BCUT2D eigenvalue weighted by Crippen LogP contribution is 2.33. The molecule has 1 heterocycles. The van der Waals surface area contributed by atoms with Gasteiger partial charge in [0.25, 0.3) is 11.8 Å². The van der Waals surface area contributed by atoms with Crippen molar-refractivity contribution in [1.82, 2.24) is 9.78 Å². The third kappa shape index (κ3) is 4.62. The van der Waals surface area contributed by atoms with Crippen molar-refractivity contribution in [3.05, 3.63) is 47.3 Å². The molecule has 1 atom stereocenters. The van der Waals surface area contributed by atoms with Gasteiger partial charge in [0.2, 0.25) is 0 Å². The largest absolute Gasteiger partial charge is 0.417 e. The highest BCUT2D eigenvalue weighted by atomic mass is 19.4. The molecule has 0 radical (unpaired) electrons. The first-order chi connectivity index (χ1) is 12.4. The molecule has 0 saturated heterocycles. The van der Waals surface area contributed by atoms with Crippen LogP contribution in [0.25, 0.3) is 0 Å². The van der Waals surface area contributed by atoms with Crippen LogP contribution >= 0.6 is 0 Å². The maximum Gasteiger partial charge on any atom is 0.417 e. The summed E-state index contributed by atoms with van der Waals surface area (Å²) in [5.41, 5.74) is 1.03. The van der Waals surface area contributed by atoms with Gasteiger partial charge in [-0.05, 0) is 25.1 Å². The van der Waals surface area contributed by atoms with Gasteiger partial charge in [0.05, 0.1) is 35.5 Å². The van der Waals surface area contributed by atoms with E-state index in [0.29, 0.717) is 6.07 Å². The number of aliphatic hydroxyl groups is 1. The van der Waals surface area contributed by atoms with Crippen molar-refractivity contribution in [2.24, 2.45) is 5.73 Å². The SMILES string of the molecule is CC(O)(Cn1cc(C(N)=O)cn1)C(=O)Nc1ccc(C#N)c(C(F)(F)F)c1. The molecule has 11 heteroatoms. The second-order valence-electron chi connectivity index (χ2n) is 5.89. The van der Waals surface area contributed by atoms with Gasteiger partial charge >= 0.3 is 6.18 Å². The lowest BCUT2D eigenvalue weighted by Crippen LogP contribution is -2.43. The van der Waals surface area contributed by atoms with Gasteiger partial charge in [-0.3, -0.25) is 14.3 Å². The Bertz CT molecular complexity index is 928. The predicted octanol–water partition coefficient (Wildman–Crippen LogP) is 1.26. The molecule has 2 aromatic rings. The summed E-state index contributed by atoms with van der Waals surface area (Å²) in [5, 5.41) is 25.0. The molecule has 0 bridgehead atoms. The summed E-state index contributed by atoms with van der Waals surface area (Å²) >= 11 is 0. The van der Waals surface area contributed by atoms with Crippen LogP contribution < -0.4 is 11.1 Å². The van der Waals surface area contributed by atoms with E-state index in [0.717, 1.165) is 29.9 Å². The van der Waals surface area contributed by atoms with E-state index in [-0.39, 0.29) is 17.8 Å². The molecule has 0 spiro atoms. The molecule has 1 aromatic carbocycles. The first kappa shape index (κ1) is 19.9. The number of nitrogens with one attached hydrogen (secondary N) is 1. The number of carbonyl (C=O) groups is 2. The Balaban J connectivity index is 2.20. The van der Waals surface area contributed by atoms with Crippen molar-refractivity contribution in [2.75, 3.05) is 5.32 Å². The minimum atomic E-state index is -4.78. The van der Waals surface area contributed by atoms with Gasteiger partial charge in [-0.2, -0.15) is 23.5 Å². The normalized spacial score (nSPS) is 13.5. The average Bonchev–Trinajstić information content (AvgIpc) is 3.02. The standard InChI is InChI=1S/C16H14F3N5O3/c1-15(27,8-24-7-10(6-22-24)13(21)25)14(26)23-11-3-2-9(5-20)12(4-11)16(17,18)19/h2-4,6-7,27H,8H2,1H3,(H2,21,25)(H,23,26). The number of aromatic nitrogens is 2. The monoisotopic (exact) mass is 381 g/mol. The van der Waals surface area contributed by atoms with E-state index in [2.05, 4.69) is 10.4 Å². The van der Waals surface area contributed by atoms with E-state index in [1.807, 2.05) is 0 Å². The molecule has 8 nitrogen and oxygen atoms in total. The second kappa shape index (κ2) is 7.08. The summed E-state index contributed by atoms with van der Waals surface area (Å²) in [6.07, 6.45) is -2.42. The highest BCUT2D eigenvalue weighted by Gasteiger charge is 2.35. The van der Waals surface area contributed by atoms with Crippen LogP contribution in [0.2, 0.25) is 0 Å². The lowest BCUT2D eigenvalue weighted by molar-refractivity contribution is -0.138. The maximum absolute atomic E-state index is 13.0. The fourth-order valence-corrected chi connectivity index (χ4v) is 2.18.